The first-order valence-electron chi connectivity index (χ1n) is 17.2. The molecule has 0 radical (unpaired) electrons. The zero-order chi connectivity index (χ0) is 34.6. The van der Waals surface area contributed by atoms with Crippen LogP contribution >= 0.6 is 11.8 Å². The van der Waals surface area contributed by atoms with E-state index in [4.69, 9.17) is 18.3 Å². The van der Waals surface area contributed by atoms with Gasteiger partial charge in [-0.25, -0.2) is 0 Å². The van der Waals surface area contributed by atoms with Gasteiger partial charge in [-0.05, 0) is 58.2 Å². The molecule has 0 N–H and O–H groups in total. The topological polar surface area (TPSA) is 36.9 Å². The Kier molecular flexibility index (Phi) is 11.6. The summed E-state index contributed by atoms with van der Waals surface area (Å²) in [4.78, 5) is 1.14. The molecule has 1 aliphatic heterocycles. The van der Waals surface area contributed by atoms with Crippen LogP contribution in [0.3, 0.4) is 0 Å². The van der Waals surface area contributed by atoms with Crippen LogP contribution in [0.15, 0.2) is 126 Å². The highest BCUT2D eigenvalue weighted by atomic mass is 32.2. The van der Waals surface area contributed by atoms with Crippen molar-refractivity contribution in [1.82, 2.24) is 0 Å². The monoisotopic (exact) mass is 698 g/mol. The SMILES string of the molecule is C[C@@H]1O[C@@H](Sc2ccccc2)[C@H](OCc2ccccc2)[C@H](O[Si](C)(C)C(C)(C)C)[C@H]1O[Si](c1ccccc1)(c1ccccc1)C(C)(C)C. The van der Waals surface area contributed by atoms with Crippen molar-refractivity contribution in [3.63, 3.8) is 0 Å². The first-order valence-corrected chi connectivity index (χ1v) is 22.9. The average molecular weight is 699 g/mol. The highest BCUT2D eigenvalue weighted by molar-refractivity contribution is 7.99. The second-order valence-corrected chi connectivity index (χ2v) is 25.7. The van der Waals surface area contributed by atoms with E-state index in [-0.39, 0.29) is 39.9 Å². The Morgan fingerprint density at radius 3 is 1.56 bits per heavy atom. The molecule has 1 fully saturated rings. The number of hydrogen-bond acceptors (Lipinski definition) is 5. The summed E-state index contributed by atoms with van der Waals surface area (Å²) in [6.45, 7) is 21.2. The third kappa shape index (κ3) is 8.10. The molecule has 256 valence electrons. The standard InChI is InChI=1S/C41H54O4SSi2/c1-31-36(45-48(41(5,6)7,34-26-18-12-19-27-34)35-28-20-13-21-29-35)37(44-47(8,9)40(2,3)4)38(42-30-32-22-14-10-15-23-32)39(43-31)46-33-24-16-11-17-25-33/h10-29,31,36-39H,30H2,1-9H3/t31-,36-,37+,38+,39-/m0/s1. The Bertz CT molecular complexity index is 1520. The van der Waals surface area contributed by atoms with E-state index in [9.17, 15) is 0 Å². The van der Waals surface area contributed by atoms with E-state index < -0.39 is 16.6 Å². The van der Waals surface area contributed by atoms with Crippen LogP contribution < -0.4 is 10.4 Å². The number of benzene rings is 4. The largest absolute Gasteiger partial charge is 0.408 e. The van der Waals surface area contributed by atoms with E-state index >= 15 is 0 Å². The maximum absolute atomic E-state index is 7.90. The third-order valence-corrected chi connectivity index (χ3v) is 20.6. The van der Waals surface area contributed by atoms with Crippen molar-refractivity contribution >= 4 is 38.8 Å². The predicted octanol–water partition coefficient (Wildman–Crippen LogP) is 9.44. The molecule has 0 bridgehead atoms. The zero-order valence-corrected chi connectivity index (χ0v) is 33.0. The molecule has 48 heavy (non-hydrogen) atoms. The Balaban J connectivity index is 1.66. The molecule has 7 heteroatoms. The molecule has 1 saturated heterocycles. The van der Waals surface area contributed by atoms with Crippen molar-refractivity contribution in [1.29, 1.82) is 0 Å². The Morgan fingerprint density at radius 2 is 1.08 bits per heavy atom. The fourth-order valence-corrected chi connectivity index (χ4v) is 13.6. The lowest BCUT2D eigenvalue weighted by atomic mass is 10.0. The fourth-order valence-electron chi connectivity index (χ4n) is 6.35. The van der Waals surface area contributed by atoms with E-state index in [0.717, 1.165) is 10.5 Å². The fraction of sp³-hybridized carbons (Fsp3) is 0.415. The van der Waals surface area contributed by atoms with Gasteiger partial charge in [0.15, 0.2) is 8.32 Å². The molecule has 4 nitrogen and oxygen atoms in total. The van der Waals surface area contributed by atoms with Crippen LogP contribution in [-0.4, -0.2) is 46.5 Å². The summed E-state index contributed by atoms with van der Waals surface area (Å²) in [5.41, 5.74) is 0.829. The Labute approximate surface area is 295 Å². The number of thioether (sulfide) groups is 1. The second-order valence-electron chi connectivity index (χ2n) is 15.5. The van der Waals surface area contributed by atoms with Crippen molar-refractivity contribution in [3.05, 3.63) is 127 Å². The Hall–Kier alpha value is -2.50. The maximum Gasteiger partial charge on any atom is 0.261 e. The van der Waals surface area contributed by atoms with Gasteiger partial charge in [-0.2, -0.15) is 0 Å². The molecular weight excluding hydrogens is 645 g/mol. The lowest BCUT2D eigenvalue weighted by Gasteiger charge is -2.53. The van der Waals surface area contributed by atoms with Crippen LogP contribution in [-0.2, 0) is 24.9 Å². The van der Waals surface area contributed by atoms with Crippen molar-refractivity contribution in [2.75, 3.05) is 0 Å². The van der Waals surface area contributed by atoms with Crippen LogP contribution in [0, 0.1) is 0 Å². The number of rotatable bonds is 11. The molecule has 0 amide bonds. The molecule has 5 rings (SSSR count). The van der Waals surface area contributed by atoms with Crippen LogP contribution in [0.2, 0.25) is 23.2 Å². The molecular formula is C41H54O4SSi2. The Morgan fingerprint density at radius 1 is 0.604 bits per heavy atom. The summed E-state index contributed by atoms with van der Waals surface area (Å²) in [7, 11) is -5.29. The van der Waals surface area contributed by atoms with Gasteiger partial charge in [0, 0.05) is 4.90 Å². The third-order valence-electron chi connectivity index (χ3n) is 9.97. The molecule has 1 aliphatic rings. The van der Waals surface area contributed by atoms with Crippen LogP contribution in [0.4, 0.5) is 0 Å². The van der Waals surface area contributed by atoms with Crippen molar-refractivity contribution in [2.24, 2.45) is 0 Å². The van der Waals surface area contributed by atoms with Crippen molar-refractivity contribution in [2.45, 2.75) is 113 Å². The minimum absolute atomic E-state index is 0.0114. The summed E-state index contributed by atoms with van der Waals surface area (Å²) < 4.78 is 29.5. The van der Waals surface area contributed by atoms with E-state index in [1.54, 1.807) is 11.8 Å². The maximum atomic E-state index is 7.90. The highest BCUT2D eigenvalue weighted by Gasteiger charge is 2.57. The normalized spacial score (nSPS) is 22.4. The van der Waals surface area contributed by atoms with Gasteiger partial charge < -0.3 is 18.3 Å². The van der Waals surface area contributed by atoms with Gasteiger partial charge in [-0.1, -0.05) is 162 Å². The molecule has 1 heterocycles. The summed E-state index contributed by atoms with van der Waals surface area (Å²) in [6.07, 6.45) is -1.37. The van der Waals surface area contributed by atoms with Crippen LogP contribution in [0.25, 0.3) is 0 Å². The molecule has 5 atom stereocenters. The van der Waals surface area contributed by atoms with Gasteiger partial charge in [-0.3, -0.25) is 0 Å². The first kappa shape index (κ1) is 36.8. The van der Waals surface area contributed by atoms with Crippen LogP contribution in [0.1, 0.15) is 54.0 Å². The molecule has 0 unspecified atom stereocenters. The van der Waals surface area contributed by atoms with E-state index in [1.165, 1.54) is 10.4 Å². The average Bonchev–Trinajstić information content (AvgIpc) is 3.05. The number of ether oxygens (including phenoxy) is 2. The lowest BCUT2D eigenvalue weighted by Crippen LogP contribution is -2.72. The summed E-state index contributed by atoms with van der Waals surface area (Å²) in [5, 5.41) is 2.27. The smallest absolute Gasteiger partial charge is 0.261 e. The van der Waals surface area contributed by atoms with Gasteiger partial charge in [0.25, 0.3) is 8.32 Å². The van der Waals surface area contributed by atoms with Gasteiger partial charge in [-0.15, -0.1) is 0 Å². The molecule has 0 aromatic heterocycles. The minimum atomic E-state index is -2.96. The first-order chi connectivity index (χ1) is 22.7. The van der Waals surface area contributed by atoms with Crippen molar-refractivity contribution < 1.29 is 18.3 Å². The van der Waals surface area contributed by atoms with E-state index in [2.05, 4.69) is 177 Å². The van der Waals surface area contributed by atoms with Gasteiger partial charge in [0.1, 0.15) is 17.6 Å². The summed E-state index contributed by atoms with van der Waals surface area (Å²) in [5.74, 6) is 0. The highest BCUT2D eigenvalue weighted by Crippen LogP contribution is 2.45. The van der Waals surface area contributed by atoms with Gasteiger partial charge in [0.05, 0.1) is 18.8 Å². The summed E-state index contributed by atoms with van der Waals surface area (Å²) >= 11 is 1.71. The molecule has 0 aliphatic carbocycles. The molecule has 0 spiro atoms. The van der Waals surface area contributed by atoms with Gasteiger partial charge >= 0.3 is 0 Å². The van der Waals surface area contributed by atoms with Gasteiger partial charge in [0.2, 0.25) is 0 Å². The quantitative estimate of drug-likeness (QED) is 0.146. The van der Waals surface area contributed by atoms with Crippen LogP contribution in [0.5, 0.6) is 0 Å². The molecule has 4 aromatic rings. The number of hydrogen-bond donors (Lipinski definition) is 0. The molecule has 0 saturated carbocycles. The predicted molar refractivity (Wildman–Crippen MR) is 206 cm³/mol. The summed E-state index contributed by atoms with van der Waals surface area (Å²) in [6, 6.07) is 42.6. The minimum Gasteiger partial charge on any atom is -0.408 e. The zero-order valence-electron chi connectivity index (χ0n) is 30.2. The molecule has 4 aromatic carbocycles. The van der Waals surface area contributed by atoms with E-state index in [1.807, 2.05) is 6.07 Å². The second kappa shape index (κ2) is 15.2. The van der Waals surface area contributed by atoms with Crippen molar-refractivity contribution in [3.8, 4) is 0 Å². The lowest BCUT2D eigenvalue weighted by molar-refractivity contribution is -0.201. The van der Waals surface area contributed by atoms with E-state index in [0.29, 0.717) is 6.61 Å².